The van der Waals surface area contributed by atoms with Gasteiger partial charge in [-0.1, -0.05) is 26.2 Å². The summed E-state index contributed by atoms with van der Waals surface area (Å²) in [6, 6.07) is 0.472. The van der Waals surface area contributed by atoms with Crippen molar-refractivity contribution < 1.29 is 0 Å². The molecule has 0 aliphatic carbocycles. The monoisotopic (exact) mass is 223 g/mol. The molecule has 0 saturated heterocycles. The lowest BCUT2D eigenvalue weighted by Crippen LogP contribution is -2.10. The number of aryl methyl sites for hydroxylation is 1. The van der Waals surface area contributed by atoms with Gasteiger partial charge in [-0.3, -0.25) is 0 Å². The van der Waals surface area contributed by atoms with Gasteiger partial charge < -0.3 is 9.88 Å². The highest BCUT2D eigenvalue weighted by atomic mass is 15.2. The fourth-order valence-electron chi connectivity index (χ4n) is 1.79. The van der Waals surface area contributed by atoms with Crippen LogP contribution in [-0.4, -0.2) is 16.1 Å². The summed E-state index contributed by atoms with van der Waals surface area (Å²) in [7, 11) is 0. The summed E-state index contributed by atoms with van der Waals surface area (Å²) in [5, 5.41) is 3.43. The van der Waals surface area contributed by atoms with Gasteiger partial charge in [-0.2, -0.15) is 0 Å². The van der Waals surface area contributed by atoms with E-state index in [1.165, 1.54) is 25.7 Å². The van der Waals surface area contributed by atoms with E-state index in [1.807, 2.05) is 6.92 Å². The van der Waals surface area contributed by atoms with Crippen molar-refractivity contribution in [3.05, 3.63) is 11.9 Å². The Hall–Kier alpha value is -0.990. The second kappa shape index (κ2) is 6.56. The zero-order chi connectivity index (χ0) is 12.0. The Morgan fingerprint density at radius 2 is 2.06 bits per heavy atom. The lowest BCUT2D eigenvalue weighted by Gasteiger charge is -2.12. The van der Waals surface area contributed by atoms with E-state index in [9.17, 15) is 0 Å². The standard InChI is InChI=1S/C13H25N3/c1-5-6-7-8-9-14-13-15-12(4)10-16(13)11(2)3/h10-11H,5-9H2,1-4H3,(H,14,15). The molecular formula is C13H25N3. The first kappa shape index (κ1) is 13.1. The van der Waals surface area contributed by atoms with E-state index in [0.717, 1.165) is 18.2 Å². The lowest BCUT2D eigenvalue weighted by atomic mass is 10.2. The van der Waals surface area contributed by atoms with E-state index in [0.29, 0.717) is 6.04 Å². The van der Waals surface area contributed by atoms with E-state index in [2.05, 4.69) is 41.8 Å². The molecule has 0 aromatic carbocycles. The van der Waals surface area contributed by atoms with Crippen molar-refractivity contribution in [3.8, 4) is 0 Å². The molecule has 0 atom stereocenters. The molecule has 1 rings (SSSR count). The molecule has 0 aliphatic heterocycles. The molecule has 16 heavy (non-hydrogen) atoms. The van der Waals surface area contributed by atoms with Gasteiger partial charge in [0.15, 0.2) is 0 Å². The summed E-state index contributed by atoms with van der Waals surface area (Å²) in [5.74, 6) is 1.02. The third-order valence-electron chi connectivity index (χ3n) is 2.72. The number of anilines is 1. The summed E-state index contributed by atoms with van der Waals surface area (Å²) < 4.78 is 2.20. The average molecular weight is 223 g/mol. The molecule has 0 fully saturated rings. The zero-order valence-electron chi connectivity index (χ0n) is 11.1. The van der Waals surface area contributed by atoms with Crippen LogP contribution >= 0.6 is 0 Å². The van der Waals surface area contributed by atoms with Gasteiger partial charge in [0.1, 0.15) is 0 Å². The van der Waals surface area contributed by atoms with Gasteiger partial charge >= 0.3 is 0 Å². The van der Waals surface area contributed by atoms with Crippen molar-refractivity contribution in [3.63, 3.8) is 0 Å². The number of unbranched alkanes of at least 4 members (excludes halogenated alkanes) is 3. The van der Waals surface area contributed by atoms with Gasteiger partial charge in [-0.15, -0.1) is 0 Å². The quantitative estimate of drug-likeness (QED) is 0.713. The van der Waals surface area contributed by atoms with E-state index >= 15 is 0 Å². The third kappa shape index (κ3) is 3.87. The highest BCUT2D eigenvalue weighted by molar-refractivity contribution is 5.29. The Morgan fingerprint density at radius 3 is 2.69 bits per heavy atom. The van der Waals surface area contributed by atoms with Gasteiger partial charge in [-0.25, -0.2) is 4.98 Å². The SMILES string of the molecule is CCCCCCNc1nc(C)cn1C(C)C. The van der Waals surface area contributed by atoms with Crippen LogP contribution in [0.3, 0.4) is 0 Å². The minimum Gasteiger partial charge on any atom is -0.356 e. The van der Waals surface area contributed by atoms with Crippen LogP contribution in [0.4, 0.5) is 5.95 Å². The summed E-state index contributed by atoms with van der Waals surface area (Å²) in [4.78, 5) is 4.50. The van der Waals surface area contributed by atoms with Crippen molar-refractivity contribution in [1.82, 2.24) is 9.55 Å². The van der Waals surface area contributed by atoms with Crippen LogP contribution in [0.5, 0.6) is 0 Å². The van der Waals surface area contributed by atoms with Crippen LogP contribution in [-0.2, 0) is 0 Å². The molecule has 3 heteroatoms. The Balaban J connectivity index is 2.40. The van der Waals surface area contributed by atoms with E-state index < -0.39 is 0 Å². The van der Waals surface area contributed by atoms with Crippen LogP contribution in [0.15, 0.2) is 6.20 Å². The molecule has 1 N–H and O–H groups in total. The molecule has 0 aliphatic rings. The maximum absolute atomic E-state index is 4.50. The largest absolute Gasteiger partial charge is 0.356 e. The fourth-order valence-corrected chi connectivity index (χ4v) is 1.79. The van der Waals surface area contributed by atoms with Crippen LogP contribution in [0.25, 0.3) is 0 Å². The molecule has 3 nitrogen and oxygen atoms in total. The Morgan fingerprint density at radius 1 is 1.31 bits per heavy atom. The second-order valence-corrected chi connectivity index (χ2v) is 4.69. The molecule has 0 amide bonds. The number of hydrogen-bond donors (Lipinski definition) is 1. The van der Waals surface area contributed by atoms with Crippen molar-refractivity contribution in [2.75, 3.05) is 11.9 Å². The fraction of sp³-hybridized carbons (Fsp3) is 0.769. The van der Waals surface area contributed by atoms with Crippen LogP contribution in [0, 0.1) is 6.92 Å². The van der Waals surface area contributed by atoms with Crippen LogP contribution < -0.4 is 5.32 Å². The normalized spacial score (nSPS) is 11.1. The smallest absolute Gasteiger partial charge is 0.203 e. The van der Waals surface area contributed by atoms with E-state index in [4.69, 9.17) is 0 Å². The predicted octanol–water partition coefficient (Wildman–Crippen LogP) is 3.76. The number of hydrogen-bond acceptors (Lipinski definition) is 2. The van der Waals surface area contributed by atoms with Crippen LogP contribution in [0.2, 0.25) is 0 Å². The van der Waals surface area contributed by atoms with Gasteiger partial charge in [-0.05, 0) is 27.2 Å². The lowest BCUT2D eigenvalue weighted by molar-refractivity contribution is 0.601. The molecule has 0 saturated carbocycles. The summed E-state index contributed by atoms with van der Waals surface area (Å²) in [6.07, 6.45) is 7.28. The molecular weight excluding hydrogens is 198 g/mol. The maximum atomic E-state index is 4.50. The maximum Gasteiger partial charge on any atom is 0.203 e. The molecule has 0 radical (unpaired) electrons. The Bertz CT molecular complexity index is 302. The molecule has 1 heterocycles. The highest BCUT2D eigenvalue weighted by Gasteiger charge is 2.07. The number of nitrogens with zero attached hydrogens (tertiary/aromatic N) is 2. The van der Waals surface area contributed by atoms with Crippen molar-refractivity contribution >= 4 is 5.95 Å². The van der Waals surface area contributed by atoms with E-state index in [-0.39, 0.29) is 0 Å². The Kier molecular flexibility index (Phi) is 5.36. The van der Waals surface area contributed by atoms with Gasteiger partial charge in [0.05, 0.1) is 5.69 Å². The molecule has 0 bridgehead atoms. The summed E-state index contributed by atoms with van der Waals surface area (Å²) in [5.41, 5.74) is 1.09. The first-order valence-corrected chi connectivity index (χ1v) is 6.44. The first-order valence-electron chi connectivity index (χ1n) is 6.44. The number of imidazole rings is 1. The first-order chi connectivity index (χ1) is 7.65. The molecule has 0 unspecified atom stereocenters. The molecule has 1 aromatic rings. The van der Waals surface area contributed by atoms with E-state index in [1.54, 1.807) is 0 Å². The summed E-state index contributed by atoms with van der Waals surface area (Å²) in [6.45, 7) is 9.68. The summed E-state index contributed by atoms with van der Waals surface area (Å²) >= 11 is 0. The topological polar surface area (TPSA) is 29.9 Å². The minimum absolute atomic E-state index is 0.472. The number of nitrogens with one attached hydrogen (secondary N) is 1. The number of rotatable bonds is 7. The third-order valence-corrected chi connectivity index (χ3v) is 2.72. The van der Waals surface area contributed by atoms with Gasteiger partial charge in [0.25, 0.3) is 0 Å². The Labute approximate surface area is 99.3 Å². The number of aromatic nitrogens is 2. The highest BCUT2D eigenvalue weighted by Crippen LogP contribution is 2.15. The zero-order valence-corrected chi connectivity index (χ0v) is 11.1. The van der Waals surface area contributed by atoms with Crippen molar-refractivity contribution in [2.24, 2.45) is 0 Å². The van der Waals surface area contributed by atoms with Crippen molar-refractivity contribution in [1.29, 1.82) is 0 Å². The predicted molar refractivity (Wildman–Crippen MR) is 70.0 cm³/mol. The molecule has 1 aromatic heterocycles. The van der Waals surface area contributed by atoms with Gasteiger partial charge in [0, 0.05) is 18.8 Å². The average Bonchev–Trinajstić information content (AvgIpc) is 2.59. The molecule has 92 valence electrons. The second-order valence-electron chi connectivity index (χ2n) is 4.69. The minimum atomic E-state index is 0.472. The molecule has 0 spiro atoms. The van der Waals surface area contributed by atoms with Crippen LogP contribution in [0.1, 0.15) is 58.2 Å². The van der Waals surface area contributed by atoms with Gasteiger partial charge in [0.2, 0.25) is 5.95 Å². The van der Waals surface area contributed by atoms with Crippen molar-refractivity contribution in [2.45, 2.75) is 59.4 Å².